The van der Waals surface area contributed by atoms with Gasteiger partial charge in [-0.25, -0.2) is 8.42 Å². The molecule has 0 spiro atoms. The van der Waals surface area contributed by atoms with Crippen LogP contribution in [-0.2, 0) is 10.0 Å². The summed E-state index contributed by atoms with van der Waals surface area (Å²) in [4.78, 5) is 2.31. The Bertz CT molecular complexity index is 296. The Morgan fingerprint density at radius 1 is 1.19 bits per heavy atom. The Morgan fingerprint density at radius 2 is 1.75 bits per heavy atom. The predicted octanol–water partition coefficient (Wildman–Crippen LogP) is 0.662. The number of hydrogen-bond donors (Lipinski definition) is 1. The SMILES string of the molecule is CC(C)S(=O)(=O)N1CCN(CCCS)CC1. The van der Waals surface area contributed by atoms with Crippen LogP contribution in [0.1, 0.15) is 20.3 Å². The van der Waals surface area contributed by atoms with Gasteiger partial charge < -0.3 is 4.90 Å². The molecule has 0 unspecified atom stereocenters. The van der Waals surface area contributed by atoms with Gasteiger partial charge in [0.15, 0.2) is 0 Å². The zero-order chi connectivity index (χ0) is 12.2. The third kappa shape index (κ3) is 3.61. The summed E-state index contributed by atoms with van der Waals surface area (Å²) in [6.45, 7) is 7.46. The maximum absolute atomic E-state index is 11.9. The zero-order valence-electron chi connectivity index (χ0n) is 10.1. The van der Waals surface area contributed by atoms with Gasteiger partial charge in [0.05, 0.1) is 5.25 Å². The number of sulfonamides is 1. The van der Waals surface area contributed by atoms with Crippen LogP contribution in [0.3, 0.4) is 0 Å². The van der Waals surface area contributed by atoms with E-state index in [0.717, 1.165) is 31.8 Å². The van der Waals surface area contributed by atoms with Crippen molar-refractivity contribution in [2.24, 2.45) is 0 Å². The van der Waals surface area contributed by atoms with Crippen molar-refractivity contribution in [1.29, 1.82) is 0 Å². The molecule has 0 aromatic heterocycles. The molecule has 1 fully saturated rings. The summed E-state index contributed by atoms with van der Waals surface area (Å²) in [5.74, 6) is 0.893. The van der Waals surface area contributed by atoms with E-state index in [4.69, 9.17) is 0 Å². The third-order valence-electron chi connectivity index (χ3n) is 2.92. The van der Waals surface area contributed by atoms with Crippen LogP contribution in [0.4, 0.5) is 0 Å². The minimum absolute atomic E-state index is 0.309. The van der Waals surface area contributed by atoms with Crippen LogP contribution in [-0.4, -0.2) is 61.3 Å². The molecule has 4 nitrogen and oxygen atoms in total. The summed E-state index contributed by atoms with van der Waals surface area (Å²) in [5.41, 5.74) is 0. The number of rotatable bonds is 5. The van der Waals surface area contributed by atoms with Crippen molar-refractivity contribution >= 4 is 22.7 Å². The molecule has 0 saturated carbocycles. The second-order valence-corrected chi connectivity index (χ2v) is 7.35. The molecule has 1 saturated heterocycles. The van der Waals surface area contributed by atoms with Crippen LogP contribution >= 0.6 is 12.6 Å². The van der Waals surface area contributed by atoms with Crippen molar-refractivity contribution < 1.29 is 8.42 Å². The van der Waals surface area contributed by atoms with Gasteiger partial charge >= 0.3 is 0 Å². The van der Waals surface area contributed by atoms with Gasteiger partial charge in [0.2, 0.25) is 10.0 Å². The second-order valence-electron chi connectivity index (χ2n) is 4.41. The molecule has 6 heteroatoms. The van der Waals surface area contributed by atoms with Gasteiger partial charge in [0.25, 0.3) is 0 Å². The lowest BCUT2D eigenvalue weighted by Crippen LogP contribution is -2.50. The second kappa shape index (κ2) is 6.23. The lowest BCUT2D eigenvalue weighted by molar-refractivity contribution is 0.188. The first kappa shape index (κ1) is 14.3. The third-order valence-corrected chi connectivity index (χ3v) is 5.51. The molecule has 0 aliphatic carbocycles. The average Bonchev–Trinajstić information content (AvgIpc) is 2.26. The molecule has 0 radical (unpaired) electrons. The van der Waals surface area contributed by atoms with Crippen molar-refractivity contribution in [3.8, 4) is 0 Å². The van der Waals surface area contributed by atoms with E-state index in [1.165, 1.54) is 0 Å². The van der Waals surface area contributed by atoms with Crippen LogP contribution in [0, 0.1) is 0 Å². The van der Waals surface area contributed by atoms with E-state index >= 15 is 0 Å². The van der Waals surface area contributed by atoms with Crippen molar-refractivity contribution in [2.45, 2.75) is 25.5 Å². The molecule has 1 heterocycles. The van der Waals surface area contributed by atoms with E-state index in [0.29, 0.717) is 13.1 Å². The monoisotopic (exact) mass is 266 g/mol. The lowest BCUT2D eigenvalue weighted by atomic mass is 10.3. The molecular weight excluding hydrogens is 244 g/mol. The van der Waals surface area contributed by atoms with Gasteiger partial charge in [-0.15, -0.1) is 0 Å². The minimum Gasteiger partial charge on any atom is -0.301 e. The molecule has 0 aromatic carbocycles. The van der Waals surface area contributed by atoms with Crippen LogP contribution in [0.25, 0.3) is 0 Å². The first-order valence-electron chi connectivity index (χ1n) is 5.80. The van der Waals surface area contributed by atoms with Crippen LogP contribution in [0.2, 0.25) is 0 Å². The first-order valence-corrected chi connectivity index (χ1v) is 7.94. The number of hydrogen-bond acceptors (Lipinski definition) is 4. The Hall–Kier alpha value is 0.220. The topological polar surface area (TPSA) is 40.6 Å². The van der Waals surface area contributed by atoms with Gasteiger partial charge in [0, 0.05) is 26.2 Å². The first-order chi connectivity index (χ1) is 7.48. The molecule has 0 bridgehead atoms. The van der Waals surface area contributed by atoms with Crippen LogP contribution in [0.15, 0.2) is 0 Å². The smallest absolute Gasteiger partial charge is 0.216 e. The van der Waals surface area contributed by atoms with Gasteiger partial charge in [-0.2, -0.15) is 16.9 Å². The highest BCUT2D eigenvalue weighted by Crippen LogP contribution is 2.12. The average molecular weight is 266 g/mol. The van der Waals surface area contributed by atoms with Crippen molar-refractivity contribution in [3.05, 3.63) is 0 Å². The quantitative estimate of drug-likeness (QED) is 0.743. The Kier molecular flexibility index (Phi) is 5.56. The fourth-order valence-corrected chi connectivity index (χ4v) is 3.21. The van der Waals surface area contributed by atoms with Crippen molar-refractivity contribution in [2.75, 3.05) is 38.5 Å². The highest BCUT2D eigenvalue weighted by Gasteiger charge is 2.28. The molecule has 1 rings (SSSR count). The maximum Gasteiger partial charge on any atom is 0.216 e. The molecule has 0 amide bonds. The molecule has 1 aliphatic rings. The highest BCUT2D eigenvalue weighted by atomic mass is 32.2. The molecule has 16 heavy (non-hydrogen) atoms. The zero-order valence-corrected chi connectivity index (χ0v) is 11.8. The lowest BCUT2D eigenvalue weighted by Gasteiger charge is -2.34. The predicted molar refractivity (Wildman–Crippen MR) is 70.5 cm³/mol. The van der Waals surface area contributed by atoms with E-state index < -0.39 is 10.0 Å². The van der Waals surface area contributed by atoms with Crippen LogP contribution in [0.5, 0.6) is 0 Å². The van der Waals surface area contributed by atoms with E-state index in [1.54, 1.807) is 18.2 Å². The van der Waals surface area contributed by atoms with Gasteiger partial charge in [-0.1, -0.05) is 0 Å². The summed E-state index contributed by atoms with van der Waals surface area (Å²) in [5, 5.41) is -0.309. The molecule has 0 N–H and O–H groups in total. The van der Waals surface area contributed by atoms with E-state index in [1.807, 2.05) is 0 Å². The van der Waals surface area contributed by atoms with Gasteiger partial charge in [-0.05, 0) is 32.6 Å². The number of thiol groups is 1. The summed E-state index contributed by atoms with van der Waals surface area (Å²) in [7, 11) is -3.05. The highest BCUT2D eigenvalue weighted by molar-refractivity contribution is 7.89. The molecule has 1 aliphatic heterocycles. The Morgan fingerprint density at radius 3 is 2.19 bits per heavy atom. The molecule has 0 atom stereocenters. The van der Waals surface area contributed by atoms with E-state index in [9.17, 15) is 8.42 Å². The normalized spacial score (nSPS) is 20.5. The number of piperazine rings is 1. The van der Waals surface area contributed by atoms with E-state index in [-0.39, 0.29) is 5.25 Å². The number of nitrogens with zero attached hydrogens (tertiary/aromatic N) is 2. The van der Waals surface area contributed by atoms with Crippen molar-refractivity contribution in [1.82, 2.24) is 9.21 Å². The molecular formula is C10H22N2O2S2. The summed E-state index contributed by atoms with van der Waals surface area (Å²) in [6.07, 6.45) is 1.07. The maximum atomic E-state index is 11.9. The fraction of sp³-hybridized carbons (Fsp3) is 1.00. The molecule has 96 valence electrons. The van der Waals surface area contributed by atoms with Crippen molar-refractivity contribution in [3.63, 3.8) is 0 Å². The summed E-state index contributed by atoms with van der Waals surface area (Å²) >= 11 is 4.18. The largest absolute Gasteiger partial charge is 0.301 e. The minimum atomic E-state index is -3.05. The van der Waals surface area contributed by atoms with E-state index in [2.05, 4.69) is 17.5 Å². The van der Waals surface area contributed by atoms with Crippen LogP contribution < -0.4 is 0 Å². The Balaban J connectivity index is 2.43. The summed E-state index contributed by atoms with van der Waals surface area (Å²) in [6, 6.07) is 0. The fourth-order valence-electron chi connectivity index (χ4n) is 1.80. The molecule has 0 aromatic rings. The Labute approximate surface area is 104 Å². The standard InChI is InChI=1S/C10H22N2O2S2/c1-10(2)16(13,14)12-7-5-11(6-8-12)4-3-9-15/h10,15H,3-9H2,1-2H3. The van der Waals surface area contributed by atoms with Gasteiger partial charge in [-0.3, -0.25) is 0 Å². The van der Waals surface area contributed by atoms with Gasteiger partial charge in [0.1, 0.15) is 0 Å². The summed E-state index contributed by atoms with van der Waals surface area (Å²) < 4.78 is 25.4.